The molecule has 0 aliphatic heterocycles. The highest BCUT2D eigenvalue weighted by Gasteiger charge is 1.87. The van der Waals surface area contributed by atoms with Gasteiger partial charge in [-0.2, -0.15) is 0 Å². The van der Waals surface area contributed by atoms with E-state index in [9.17, 15) is 4.79 Å². The van der Waals surface area contributed by atoms with Gasteiger partial charge in [-0.3, -0.25) is 4.79 Å². The van der Waals surface area contributed by atoms with E-state index in [2.05, 4.69) is 9.97 Å². The predicted molar refractivity (Wildman–Crippen MR) is 45.9 cm³/mol. The average Bonchev–Trinajstić information content (AvgIpc) is 2.40. The van der Waals surface area contributed by atoms with Crippen molar-refractivity contribution in [1.29, 1.82) is 0 Å². The van der Waals surface area contributed by atoms with Crippen LogP contribution in [0.5, 0.6) is 0 Å². The van der Waals surface area contributed by atoms with Gasteiger partial charge in [0.2, 0.25) is 0 Å². The molecule has 0 spiro atoms. The maximum Gasteiger partial charge on any atom is 0.303 e. The third-order valence-electron chi connectivity index (χ3n) is 1.10. The largest absolute Gasteiger partial charge is 0.481 e. The van der Waals surface area contributed by atoms with Crippen LogP contribution in [0.25, 0.3) is 0 Å². The van der Waals surface area contributed by atoms with Gasteiger partial charge in [0.25, 0.3) is 0 Å². The molecule has 0 aromatic carbocycles. The summed E-state index contributed by atoms with van der Waals surface area (Å²) in [6, 6.07) is 0. The molecule has 0 atom stereocenters. The lowest BCUT2D eigenvalue weighted by molar-refractivity contribution is -0.137. The number of hydrogen-bond donors (Lipinski definition) is 2. The lowest BCUT2D eigenvalue weighted by Crippen LogP contribution is -1.90. The molecule has 4 heteroatoms. The number of H-pyrrole nitrogens is 1. The Balaban J connectivity index is 0.000000202. The van der Waals surface area contributed by atoms with Crippen LogP contribution in [-0.2, 0) is 4.79 Å². The van der Waals surface area contributed by atoms with Crippen molar-refractivity contribution in [2.75, 3.05) is 0 Å². The van der Waals surface area contributed by atoms with Crippen LogP contribution < -0.4 is 0 Å². The van der Waals surface area contributed by atoms with Gasteiger partial charge in [-0.05, 0) is 13.3 Å². The highest BCUT2D eigenvalue weighted by atomic mass is 16.4. The van der Waals surface area contributed by atoms with Crippen LogP contribution in [0.15, 0.2) is 12.4 Å². The zero-order chi connectivity index (χ0) is 9.40. The highest BCUT2D eigenvalue weighted by Crippen LogP contribution is 1.82. The molecule has 0 saturated heterocycles. The van der Waals surface area contributed by atoms with Crippen molar-refractivity contribution in [2.24, 2.45) is 0 Å². The molecule has 0 amide bonds. The summed E-state index contributed by atoms with van der Waals surface area (Å²) < 4.78 is 0. The Bertz CT molecular complexity index is 207. The Morgan fingerprint density at radius 1 is 1.75 bits per heavy atom. The van der Waals surface area contributed by atoms with Crippen molar-refractivity contribution < 1.29 is 9.90 Å². The number of rotatable bonds is 2. The van der Waals surface area contributed by atoms with E-state index in [1.165, 1.54) is 0 Å². The number of nitrogens with zero attached hydrogens (tertiary/aromatic N) is 1. The summed E-state index contributed by atoms with van der Waals surface area (Å²) in [6.45, 7) is 3.76. The smallest absolute Gasteiger partial charge is 0.303 e. The molecule has 68 valence electrons. The van der Waals surface area contributed by atoms with Gasteiger partial charge in [-0.15, -0.1) is 0 Å². The molecule has 0 bridgehead atoms. The number of aliphatic carboxylic acids is 1. The molecule has 0 aliphatic rings. The van der Waals surface area contributed by atoms with Crippen LogP contribution >= 0.6 is 0 Å². The summed E-state index contributed by atoms with van der Waals surface area (Å²) in [5.74, 6) is 0.257. The summed E-state index contributed by atoms with van der Waals surface area (Å²) in [7, 11) is 0. The Hall–Kier alpha value is -1.32. The second-order valence-corrected chi connectivity index (χ2v) is 2.32. The summed E-state index contributed by atoms with van der Waals surface area (Å²) in [6.07, 6.45) is 4.56. The minimum absolute atomic E-state index is 0.292. The molecule has 2 N–H and O–H groups in total. The van der Waals surface area contributed by atoms with E-state index in [0.29, 0.717) is 6.42 Å². The van der Waals surface area contributed by atoms with Crippen LogP contribution in [0.2, 0.25) is 0 Å². The Labute approximate surface area is 71.6 Å². The van der Waals surface area contributed by atoms with Crippen molar-refractivity contribution in [1.82, 2.24) is 9.97 Å². The van der Waals surface area contributed by atoms with Crippen LogP contribution in [0.3, 0.4) is 0 Å². The SMILES string of the molecule is CCCC(=O)O.Cc1ncc[nH]1. The number of aryl methyl sites for hydroxylation is 1. The summed E-state index contributed by atoms with van der Waals surface area (Å²) in [5.41, 5.74) is 0. The van der Waals surface area contributed by atoms with E-state index in [-0.39, 0.29) is 0 Å². The number of hydrogen-bond acceptors (Lipinski definition) is 2. The molecule has 4 nitrogen and oxygen atoms in total. The van der Waals surface area contributed by atoms with Gasteiger partial charge in [0, 0.05) is 18.8 Å². The number of carbonyl (C=O) groups is 1. The van der Waals surface area contributed by atoms with Crippen molar-refractivity contribution >= 4 is 5.97 Å². The number of carboxylic acids is 1. The van der Waals surface area contributed by atoms with Gasteiger partial charge in [-0.25, -0.2) is 4.98 Å². The van der Waals surface area contributed by atoms with E-state index < -0.39 is 5.97 Å². The molecule has 0 unspecified atom stereocenters. The number of imidazole rings is 1. The van der Waals surface area contributed by atoms with E-state index in [4.69, 9.17) is 5.11 Å². The topological polar surface area (TPSA) is 66.0 Å². The van der Waals surface area contributed by atoms with Gasteiger partial charge >= 0.3 is 5.97 Å². The molecule has 1 aromatic rings. The standard InChI is InChI=1S/C4H6N2.C4H8O2/c1-4-5-2-3-6-4;1-2-3-4(5)6/h2-3H,1H3,(H,5,6);2-3H2,1H3,(H,5,6). The number of aromatic nitrogens is 2. The maximum atomic E-state index is 9.60. The van der Waals surface area contributed by atoms with Gasteiger partial charge in [-0.1, -0.05) is 6.92 Å². The van der Waals surface area contributed by atoms with Crippen molar-refractivity contribution in [2.45, 2.75) is 26.7 Å². The second kappa shape index (κ2) is 6.39. The first-order valence-corrected chi connectivity index (χ1v) is 3.84. The van der Waals surface area contributed by atoms with Gasteiger partial charge < -0.3 is 10.1 Å². The fraction of sp³-hybridized carbons (Fsp3) is 0.500. The van der Waals surface area contributed by atoms with Crippen molar-refractivity contribution in [3.8, 4) is 0 Å². The molecule has 1 aromatic heterocycles. The molecule has 1 rings (SSSR count). The Kier molecular flexibility index (Phi) is 5.69. The molecule has 0 aliphatic carbocycles. The molecular weight excluding hydrogens is 156 g/mol. The van der Waals surface area contributed by atoms with E-state index in [1.54, 1.807) is 12.4 Å². The van der Waals surface area contributed by atoms with E-state index >= 15 is 0 Å². The molecule has 12 heavy (non-hydrogen) atoms. The monoisotopic (exact) mass is 170 g/mol. The van der Waals surface area contributed by atoms with Gasteiger partial charge in [0.1, 0.15) is 5.82 Å². The minimum Gasteiger partial charge on any atom is -0.481 e. The van der Waals surface area contributed by atoms with Crippen LogP contribution in [0.4, 0.5) is 0 Å². The average molecular weight is 170 g/mol. The summed E-state index contributed by atoms with van der Waals surface area (Å²) in [4.78, 5) is 16.3. The first kappa shape index (κ1) is 10.7. The number of carboxylic acid groups (broad SMARTS) is 1. The van der Waals surface area contributed by atoms with Crippen LogP contribution in [0, 0.1) is 6.92 Å². The quantitative estimate of drug-likeness (QED) is 0.708. The van der Waals surface area contributed by atoms with Crippen molar-refractivity contribution in [3.05, 3.63) is 18.2 Å². The van der Waals surface area contributed by atoms with E-state index in [0.717, 1.165) is 12.2 Å². The number of nitrogens with one attached hydrogen (secondary N) is 1. The fourth-order valence-electron chi connectivity index (χ4n) is 0.558. The molecular formula is C8H14N2O2. The summed E-state index contributed by atoms with van der Waals surface area (Å²) >= 11 is 0. The number of aromatic amines is 1. The minimum atomic E-state index is -0.711. The molecule has 1 heterocycles. The van der Waals surface area contributed by atoms with Gasteiger partial charge in [0.15, 0.2) is 0 Å². The molecule has 0 radical (unpaired) electrons. The predicted octanol–water partition coefficient (Wildman–Crippen LogP) is 1.59. The zero-order valence-corrected chi connectivity index (χ0v) is 7.37. The zero-order valence-electron chi connectivity index (χ0n) is 7.37. The summed E-state index contributed by atoms with van der Waals surface area (Å²) in [5, 5.41) is 7.91. The van der Waals surface area contributed by atoms with Crippen LogP contribution in [-0.4, -0.2) is 21.0 Å². The fourth-order valence-corrected chi connectivity index (χ4v) is 0.558. The first-order chi connectivity index (χ1) is 5.66. The Morgan fingerprint density at radius 3 is 2.50 bits per heavy atom. The lowest BCUT2D eigenvalue weighted by Gasteiger charge is -1.79. The van der Waals surface area contributed by atoms with Crippen molar-refractivity contribution in [3.63, 3.8) is 0 Å². The normalized spacial score (nSPS) is 8.50. The lowest BCUT2D eigenvalue weighted by atomic mass is 10.4. The third-order valence-corrected chi connectivity index (χ3v) is 1.10. The maximum absolute atomic E-state index is 9.60. The third kappa shape index (κ3) is 6.80. The molecule has 0 saturated carbocycles. The Morgan fingerprint density at radius 2 is 2.42 bits per heavy atom. The molecule has 0 fully saturated rings. The van der Waals surface area contributed by atoms with Crippen LogP contribution in [0.1, 0.15) is 25.6 Å². The second-order valence-electron chi connectivity index (χ2n) is 2.32. The van der Waals surface area contributed by atoms with Gasteiger partial charge in [0.05, 0.1) is 0 Å². The highest BCUT2D eigenvalue weighted by molar-refractivity contribution is 5.66. The first-order valence-electron chi connectivity index (χ1n) is 3.84. The van der Waals surface area contributed by atoms with E-state index in [1.807, 2.05) is 13.8 Å².